The second kappa shape index (κ2) is 4.70. The number of carbonyl (C=O) groups is 4. The van der Waals surface area contributed by atoms with E-state index in [0.717, 1.165) is 4.90 Å². The van der Waals surface area contributed by atoms with E-state index >= 15 is 0 Å². The Hall–Kier alpha value is -1.63. The monoisotopic (exact) mass is 261 g/mol. The van der Waals surface area contributed by atoms with Gasteiger partial charge in [0.15, 0.2) is 0 Å². The van der Waals surface area contributed by atoms with E-state index in [2.05, 4.69) is 5.32 Å². The van der Waals surface area contributed by atoms with Gasteiger partial charge in [-0.3, -0.25) is 25.0 Å². The lowest BCUT2D eigenvalue weighted by Crippen LogP contribution is -2.67. The summed E-state index contributed by atoms with van der Waals surface area (Å²) in [5.74, 6) is -2.25. The molecule has 0 atom stereocenters. The number of amides is 5. The molecule has 0 aromatic rings. The van der Waals surface area contributed by atoms with Gasteiger partial charge in [0.25, 0.3) is 5.91 Å². The van der Waals surface area contributed by atoms with Crippen LogP contribution in [-0.2, 0) is 14.4 Å². The van der Waals surface area contributed by atoms with E-state index in [0.29, 0.717) is 0 Å². The summed E-state index contributed by atoms with van der Waals surface area (Å²) in [6.07, 6.45) is 0. The number of nitrogens with one attached hydrogen (secondary N) is 2. The Morgan fingerprint density at radius 2 is 2.06 bits per heavy atom. The highest BCUT2D eigenvalue weighted by atomic mass is 35.5. The summed E-state index contributed by atoms with van der Waals surface area (Å²) in [4.78, 5) is 46.3. The number of rotatable bonds is 1. The summed E-state index contributed by atoms with van der Waals surface area (Å²) in [5, 5.41) is 4.09. The molecule has 5 amide bonds. The molecule has 0 unspecified atom stereocenters. The third kappa shape index (κ3) is 2.73. The zero-order valence-electron chi connectivity index (χ0n) is 9.37. The van der Waals surface area contributed by atoms with Crippen LogP contribution in [0.3, 0.4) is 0 Å². The van der Waals surface area contributed by atoms with Crippen LogP contribution in [0.25, 0.3) is 0 Å². The van der Waals surface area contributed by atoms with Gasteiger partial charge in [-0.15, -0.1) is 11.6 Å². The average molecular weight is 262 g/mol. The molecule has 1 aliphatic heterocycles. The quantitative estimate of drug-likeness (QED) is 0.477. The van der Waals surface area contributed by atoms with Gasteiger partial charge in [-0.25, -0.2) is 4.79 Å². The van der Waals surface area contributed by atoms with Crippen LogP contribution in [0.2, 0.25) is 0 Å². The van der Waals surface area contributed by atoms with Gasteiger partial charge in [-0.05, 0) is 13.8 Å². The summed E-state index contributed by atoms with van der Waals surface area (Å²) < 4.78 is 0. The zero-order chi connectivity index (χ0) is 13.2. The molecular formula is C9H12ClN3O4. The van der Waals surface area contributed by atoms with E-state index in [1.165, 1.54) is 13.8 Å². The first-order valence-electron chi connectivity index (χ1n) is 4.80. The number of imide groups is 2. The molecule has 17 heavy (non-hydrogen) atoms. The number of carbonyl (C=O) groups excluding carboxylic acids is 4. The maximum Gasteiger partial charge on any atom is 0.325 e. The van der Waals surface area contributed by atoms with Crippen molar-refractivity contribution in [2.75, 3.05) is 12.4 Å². The summed E-state index contributed by atoms with van der Waals surface area (Å²) in [5.41, 5.74) is -1.20. The maximum atomic E-state index is 11.7. The lowest BCUT2D eigenvalue weighted by molar-refractivity contribution is -0.143. The fourth-order valence-corrected chi connectivity index (χ4v) is 1.40. The summed E-state index contributed by atoms with van der Waals surface area (Å²) in [6, 6.07) is -0.816. The van der Waals surface area contributed by atoms with Gasteiger partial charge in [-0.1, -0.05) is 0 Å². The Labute approximate surface area is 102 Å². The molecule has 1 aliphatic rings. The number of urea groups is 1. The van der Waals surface area contributed by atoms with Gasteiger partial charge in [0, 0.05) is 0 Å². The van der Waals surface area contributed by atoms with Gasteiger partial charge in [0.05, 0.1) is 0 Å². The number of hydrogen-bond donors (Lipinski definition) is 2. The molecule has 0 bridgehead atoms. The highest BCUT2D eigenvalue weighted by Crippen LogP contribution is 2.17. The van der Waals surface area contributed by atoms with Crippen molar-refractivity contribution in [2.45, 2.75) is 19.4 Å². The first kappa shape index (κ1) is 13.4. The summed E-state index contributed by atoms with van der Waals surface area (Å²) >= 11 is 5.23. The van der Waals surface area contributed by atoms with Crippen molar-refractivity contribution in [3.8, 4) is 0 Å². The molecule has 0 radical (unpaired) electrons. The maximum absolute atomic E-state index is 11.7. The van der Waals surface area contributed by atoms with Crippen LogP contribution in [0.1, 0.15) is 13.8 Å². The summed E-state index contributed by atoms with van der Waals surface area (Å²) in [6.45, 7) is 2.65. The van der Waals surface area contributed by atoms with E-state index in [9.17, 15) is 19.2 Å². The van der Waals surface area contributed by atoms with Gasteiger partial charge in [0.2, 0.25) is 11.8 Å². The minimum atomic E-state index is -1.20. The van der Waals surface area contributed by atoms with Crippen molar-refractivity contribution in [3.63, 3.8) is 0 Å². The van der Waals surface area contributed by atoms with Gasteiger partial charge in [0.1, 0.15) is 18.0 Å². The van der Waals surface area contributed by atoms with Crippen molar-refractivity contribution in [1.82, 2.24) is 15.5 Å². The molecule has 0 aliphatic carbocycles. The first-order chi connectivity index (χ1) is 7.78. The van der Waals surface area contributed by atoms with E-state index in [1.807, 2.05) is 5.32 Å². The average Bonchev–Trinajstić information content (AvgIpc) is 2.23. The molecule has 1 saturated heterocycles. The molecule has 1 heterocycles. The number of halogens is 1. The molecule has 7 nitrogen and oxygen atoms in total. The lowest BCUT2D eigenvalue weighted by Gasteiger charge is -2.39. The third-order valence-corrected chi connectivity index (χ3v) is 2.64. The molecule has 1 rings (SSSR count). The van der Waals surface area contributed by atoms with Crippen molar-refractivity contribution >= 4 is 35.4 Å². The van der Waals surface area contributed by atoms with Crippen molar-refractivity contribution in [1.29, 1.82) is 0 Å². The topological polar surface area (TPSA) is 95.6 Å². The molecule has 8 heteroatoms. The standard InChI is InChI=1S/C9H12ClN3O4/c1-9(2)7(16)11-6(15)4-13(9)8(17)12-5(14)3-10/h3-4H2,1-2H3,(H,11,15,16)(H,12,14,17). The smallest absolute Gasteiger partial charge is 0.301 e. The SMILES string of the molecule is CC1(C)C(=O)NC(=O)CN1C(=O)NC(=O)CCl. The van der Waals surface area contributed by atoms with E-state index in [4.69, 9.17) is 11.6 Å². The minimum absolute atomic E-state index is 0.292. The number of piperazine rings is 1. The zero-order valence-corrected chi connectivity index (χ0v) is 10.1. The molecule has 2 N–H and O–H groups in total. The Balaban J connectivity index is 2.86. The second-order valence-electron chi connectivity index (χ2n) is 4.01. The predicted molar refractivity (Wildman–Crippen MR) is 58.2 cm³/mol. The number of alkyl halides is 1. The van der Waals surface area contributed by atoms with Crippen LogP contribution in [0.15, 0.2) is 0 Å². The highest BCUT2D eigenvalue weighted by Gasteiger charge is 2.43. The Kier molecular flexibility index (Phi) is 3.72. The molecule has 1 fully saturated rings. The van der Waals surface area contributed by atoms with Crippen molar-refractivity contribution in [3.05, 3.63) is 0 Å². The first-order valence-corrected chi connectivity index (χ1v) is 5.34. The fourth-order valence-electron chi connectivity index (χ4n) is 1.33. The van der Waals surface area contributed by atoms with E-state index < -0.39 is 29.3 Å². The van der Waals surface area contributed by atoms with E-state index in [-0.39, 0.29) is 12.4 Å². The van der Waals surface area contributed by atoms with Gasteiger partial charge >= 0.3 is 6.03 Å². The van der Waals surface area contributed by atoms with Crippen LogP contribution < -0.4 is 10.6 Å². The third-order valence-electron chi connectivity index (χ3n) is 2.40. The van der Waals surface area contributed by atoms with Crippen LogP contribution in [-0.4, -0.2) is 46.6 Å². The van der Waals surface area contributed by atoms with Crippen LogP contribution in [0.4, 0.5) is 4.79 Å². The Bertz CT molecular complexity index is 394. The van der Waals surface area contributed by atoms with Crippen LogP contribution in [0, 0.1) is 0 Å². The highest BCUT2D eigenvalue weighted by molar-refractivity contribution is 6.28. The minimum Gasteiger partial charge on any atom is -0.301 e. The molecule has 0 spiro atoms. The normalized spacial score (nSPS) is 18.6. The Morgan fingerprint density at radius 1 is 1.47 bits per heavy atom. The fraction of sp³-hybridized carbons (Fsp3) is 0.556. The van der Waals surface area contributed by atoms with Crippen molar-refractivity contribution < 1.29 is 19.2 Å². The predicted octanol–water partition coefficient (Wildman–Crippen LogP) is -0.802. The van der Waals surface area contributed by atoms with Gasteiger partial charge in [-0.2, -0.15) is 0 Å². The largest absolute Gasteiger partial charge is 0.325 e. The summed E-state index contributed by atoms with van der Waals surface area (Å²) in [7, 11) is 0. The molecule has 0 aromatic carbocycles. The lowest BCUT2D eigenvalue weighted by atomic mass is 9.99. The number of nitrogens with zero attached hydrogens (tertiary/aromatic N) is 1. The second-order valence-corrected chi connectivity index (χ2v) is 4.28. The molecule has 0 aromatic heterocycles. The van der Waals surface area contributed by atoms with Crippen LogP contribution in [0.5, 0.6) is 0 Å². The number of hydrogen-bond acceptors (Lipinski definition) is 4. The molecule has 94 valence electrons. The molecule has 0 saturated carbocycles. The van der Waals surface area contributed by atoms with Crippen molar-refractivity contribution in [2.24, 2.45) is 0 Å². The van der Waals surface area contributed by atoms with Crippen LogP contribution >= 0.6 is 11.6 Å². The Morgan fingerprint density at radius 3 is 2.59 bits per heavy atom. The van der Waals surface area contributed by atoms with E-state index in [1.54, 1.807) is 0 Å². The molecular weight excluding hydrogens is 250 g/mol. The van der Waals surface area contributed by atoms with Gasteiger partial charge < -0.3 is 4.90 Å².